The maximum absolute atomic E-state index is 12.4. The molecule has 0 aliphatic heterocycles. The van der Waals surface area contributed by atoms with Crippen LogP contribution < -0.4 is 15.6 Å². The molecule has 0 saturated heterocycles. The number of carbonyl (C=O) groups excluding carboxylic acids is 1. The monoisotopic (exact) mass is 368 g/mol. The van der Waals surface area contributed by atoms with E-state index in [4.69, 9.17) is 4.74 Å². The lowest BCUT2D eigenvalue weighted by Gasteiger charge is -2.09. The molecule has 0 aliphatic rings. The van der Waals surface area contributed by atoms with Gasteiger partial charge in [0.25, 0.3) is 0 Å². The van der Waals surface area contributed by atoms with E-state index >= 15 is 0 Å². The molecular formula is C18H16N4O5. The lowest BCUT2D eigenvalue weighted by atomic mass is 10.2. The van der Waals surface area contributed by atoms with E-state index in [2.05, 4.69) is 10.3 Å². The van der Waals surface area contributed by atoms with E-state index in [0.717, 1.165) is 4.40 Å². The average molecular weight is 368 g/mol. The van der Waals surface area contributed by atoms with Gasteiger partial charge in [-0.15, -0.1) is 0 Å². The molecule has 2 heterocycles. The van der Waals surface area contributed by atoms with Gasteiger partial charge in [0, 0.05) is 17.8 Å². The van der Waals surface area contributed by atoms with Crippen molar-refractivity contribution in [1.82, 2.24) is 9.38 Å². The predicted octanol–water partition coefficient (Wildman–Crippen LogP) is 2.99. The minimum absolute atomic E-state index is 0.136. The van der Waals surface area contributed by atoms with E-state index < -0.39 is 22.0 Å². The minimum atomic E-state index is -0.832. The summed E-state index contributed by atoms with van der Waals surface area (Å²) < 4.78 is 6.57. The fourth-order valence-corrected chi connectivity index (χ4v) is 2.29. The van der Waals surface area contributed by atoms with Gasteiger partial charge >= 0.3 is 17.1 Å². The largest absolute Gasteiger partial charge is 0.433 e. The molecule has 1 amide bonds. The SMILES string of the molecule is CC(C)C(=O)Nc1ccc(Oc2nc3ccccn3c(=O)c2[N+](=O)[O-])cc1. The predicted molar refractivity (Wildman–Crippen MR) is 98.1 cm³/mol. The van der Waals surface area contributed by atoms with E-state index in [9.17, 15) is 19.7 Å². The van der Waals surface area contributed by atoms with E-state index in [0.29, 0.717) is 5.69 Å². The zero-order chi connectivity index (χ0) is 19.6. The highest BCUT2D eigenvalue weighted by Gasteiger charge is 2.25. The molecule has 0 fully saturated rings. The molecule has 1 N–H and O–H groups in total. The lowest BCUT2D eigenvalue weighted by Crippen LogP contribution is -2.19. The Morgan fingerprint density at radius 3 is 2.56 bits per heavy atom. The highest BCUT2D eigenvalue weighted by Crippen LogP contribution is 2.27. The van der Waals surface area contributed by atoms with Crippen LogP contribution in [-0.4, -0.2) is 20.2 Å². The third kappa shape index (κ3) is 3.76. The summed E-state index contributed by atoms with van der Waals surface area (Å²) in [5, 5.41) is 14.1. The number of amides is 1. The van der Waals surface area contributed by atoms with Crippen molar-refractivity contribution in [1.29, 1.82) is 0 Å². The van der Waals surface area contributed by atoms with Gasteiger partial charge in [0.15, 0.2) is 0 Å². The van der Waals surface area contributed by atoms with E-state index in [-0.39, 0.29) is 23.2 Å². The molecule has 0 radical (unpaired) electrons. The molecule has 0 unspecified atom stereocenters. The zero-order valence-electron chi connectivity index (χ0n) is 14.6. The van der Waals surface area contributed by atoms with Crippen LogP contribution in [0, 0.1) is 16.0 Å². The summed E-state index contributed by atoms with van der Waals surface area (Å²) >= 11 is 0. The molecule has 0 saturated carbocycles. The third-order valence-corrected chi connectivity index (χ3v) is 3.72. The van der Waals surface area contributed by atoms with Gasteiger partial charge in [0.2, 0.25) is 5.91 Å². The van der Waals surface area contributed by atoms with Crippen LogP contribution in [0.2, 0.25) is 0 Å². The van der Waals surface area contributed by atoms with Crippen LogP contribution in [0.3, 0.4) is 0 Å². The number of nitrogens with zero attached hydrogens (tertiary/aromatic N) is 3. The molecule has 3 rings (SSSR count). The smallest absolute Gasteiger partial charge is 0.396 e. The number of carbonyl (C=O) groups is 1. The van der Waals surface area contributed by atoms with Gasteiger partial charge in [0.05, 0.1) is 4.92 Å². The standard InChI is InChI=1S/C18H16N4O5/c1-11(2)16(23)19-12-6-8-13(9-7-12)27-17-15(22(25)26)18(24)21-10-4-3-5-14(21)20-17/h3-11H,1-2H3,(H,19,23). The summed E-state index contributed by atoms with van der Waals surface area (Å²) in [4.78, 5) is 38.7. The molecule has 9 heteroatoms. The number of rotatable bonds is 5. The zero-order valence-corrected chi connectivity index (χ0v) is 14.6. The van der Waals surface area contributed by atoms with E-state index in [1.165, 1.54) is 18.3 Å². The summed E-state index contributed by atoms with van der Waals surface area (Å²) in [5.74, 6) is -0.454. The van der Waals surface area contributed by atoms with Gasteiger partial charge in [-0.1, -0.05) is 19.9 Å². The number of anilines is 1. The second-order valence-electron chi connectivity index (χ2n) is 6.03. The highest BCUT2D eigenvalue weighted by atomic mass is 16.6. The second-order valence-corrected chi connectivity index (χ2v) is 6.03. The van der Waals surface area contributed by atoms with Gasteiger partial charge in [-0.2, -0.15) is 4.98 Å². The van der Waals surface area contributed by atoms with Crippen molar-refractivity contribution in [3.05, 3.63) is 69.1 Å². The number of aromatic nitrogens is 2. The van der Waals surface area contributed by atoms with Crippen LogP contribution in [0.15, 0.2) is 53.5 Å². The van der Waals surface area contributed by atoms with Crippen molar-refractivity contribution in [3.8, 4) is 11.6 Å². The van der Waals surface area contributed by atoms with Crippen molar-refractivity contribution in [2.75, 3.05) is 5.32 Å². The molecule has 0 spiro atoms. The summed E-state index contributed by atoms with van der Waals surface area (Å²) in [6, 6.07) is 11.0. The molecule has 0 atom stereocenters. The van der Waals surface area contributed by atoms with Crippen molar-refractivity contribution < 1.29 is 14.5 Å². The molecule has 2 aromatic heterocycles. The Morgan fingerprint density at radius 1 is 1.22 bits per heavy atom. The second kappa shape index (κ2) is 7.24. The van der Waals surface area contributed by atoms with Crippen LogP contribution >= 0.6 is 0 Å². The minimum Gasteiger partial charge on any atom is -0.433 e. The van der Waals surface area contributed by atoms with Crippen molar-refractivity contribution in [3.63, 3.8) is 0 Å². The molecule has 27 heavy (non-hydrogen) atoms. The van der Waals surface area contributed by atoms with Crippen LogP contribution in [0.4, 0.5) is 11.4 Å². The molecule has 3 aromatic rings. The van der Waals surface area contributed by atoms with Crippen molar-refractivity contribution >= 4 is 22.9 Å². The maximum Gasteiger partial charge on any atom is 0.396 e. The van der Waals surface area contributed by atoms with Crippen LogP contribution in [0.1, 0.15) is 13.8 Å². The Bertz CT molecular complexity index is 1070. The fraction of sp³-hybridized carbons (Fsp3) is 0.167. The number of hydrogen-bond donors (Lipinski definition) is 1. The first-order valence-corrected chi connectivity index (χ1v) is 8.11. The summed E-state index contributed by atoms with van der Waals surface area (Å²) in [7, 11) is 0. The van der Waals surface area contributed by atoms with E-state index in [1.54, 1.807) is 44.2 Å². The molecule has 0 aliphatic carbocycles. The Morgan fingerprint density at radius 2 is 1.93 bits per heavy atom. The van der Waals surface area contributed by atoms with Crippen molar-refractivity contribution in [2.45, 2.75) is 13.8 Å². The number of ether oxygens (including phenoxy) is 1. The number of hydrogen-bond acceptors (Lipinski definition) is 6. The summed E-state index contributed by atoms with van der Waals surface area (Å²) in [5.41, 5.74) is -0.802. The number of benzene rings is 1. The first-order valence-electron chi connectivity index (χ1n) is 8.11. The van der Waals surface area contributed by atoms with Gasteiger partial charge < -0.3 is 10.1 Å². The van der Waals surface area contributed by atoms with Gasteiger partial charge in [-0.05, 0) is 36.4 Å². The Balaban J connectivity index is 1.94. The Hall–Kier alpha value is -3.75. The lowest BCUT2D eigenvalue weighted by molar-refractivity contribution is -0.387. The normalized spacial score (nSPS) is 10.8. The molecule has 138 valence electrons. The molecule has 0 bridgehead atoms. The van der Waals surface area contributed by atoms with Gasteiger partial charge in [-0.25, -0.2) is 0 Å². The van der Waals surface area contributed by atoms with Crippen LogP contribution in [0.25, 0.3) is 5.65 Å². The van der Waals surface area contributed by atoms with Gasteiger partial charge in [0.1, 0.15) is 11.4 Å². The number of fused-ring (bicyclic) bond motifs is 1. The average Bonchev–Trinajstić information content (AvgIpc) is 2.63. The third-order valence-electron chi connectivity index (χ3n) is 3.72. The quantitative estimate of drug-likeness (QED) is 0.547. The highest BCUT2D eigenvalue weighted by molar-refractivity contribution is 5.92. The molecule has 9 nitrogen and oxygen atoms in total. The van der Waals surface area contributed by atoms with Crippen LogP contribution in [-0.2, 0) is 4.79 Å². The Labute approximate surface area is 153 Å². The van der Waals surface area contributed by atoms with Crippen LogP contribution in [0.5, 0.6) is 11.6 Å². The van der Waals surface area contributed by atoms with Crippen molar-refractivity contribution in [2.24, 2.45) is 5.92 Å². The first-order chi connectivity index (χ1) is 12.9. The maximum atomic E-state index is 12.4. The summed E-state index contributed by atoms with van der Waals surface area (Å²) in [6.45, 7) is 3.55. The number of nitro groups is 1. The molecule has 1 aromatic carbocycles. The number of nitrogens with one attached hydrogen (secondary N) is 1. The Kier molecular flexibility index (Phi) is 4.84. The first kappa shape index (κ1) is 18.1. The topological polar surface area (TPSA) is 116 Å². The summed E-state index contributed by atoms with van der Waals surface area (Å²) in [6.07, 6.45) is 1.40. The molecular weight excluding hydrogens is 352 g/mol. The van der Waals surface area contributed by atoms with Gasteiger partial charge in [-0.3, -0.25) is 24.1 Å². The van der Waals surface area contributed by atoms with E-state index in [1.807, 2.05) is 0 Å². The number of pyridine rings is 1. The fourth-order valence-electron chi connectivity index (χ4n) is 2.29.